The molecule has 2 aromatic rings. The van der Waals surface area contributed by atoms with Gasteiger partial charge in [-0.15, -0.1) is 0 Å². The maximum Gasteiger partial charge on any atom is 0.221 e. The average molecular weight is 487 g/mol. The fourth-order valence-electron chi connectivity index (χ4n) is 4.34. The number of ether oxygens (including phenoxy) is 4. The van der Waals surface area contributed by atoms with Gasteiger partial charge in [0.1, 0.15) is 18.5 Å². The van der Waals surface area contributed by atoms with E-state index in [2.05, 4.69) is 5.32 Å². The van der Waals surface area contributed by atoms with Crippen LogP contribution in [0.3, 0.4) is 0 Å². The fourth-order valence-corrected chi connectivity index (χ4v) is 4.34. The Balaban J connectivity index is 1.40. The van der Waals surface area contributed by atoms with Crippen molar-refractivity contribution in [3.05, 3.63) is 53.6 Å². The minimum absolute atomic E-state index is 0.120. The highest BCUT2D eigenvalue weighted by Gasteiger charge is 2.26. The van der Waals surface area contributed by atoms with Crippen molar-refractivity contribution < 1.29 is 28.8 Å². The van der Waals surface area contributed by atoms with E-state index < -0.39 is 6.10 Å². The van der Waals surface area contributed by atoms with Crippen LogP contribution in [-0.2, 0) is 22.4 Å². The van der Waals surface area contributed by atoms with Crippen molar-refractivity contribution in [2.45, 2.75) is 56.8 Å². The summed E-state index contributed by atoms with van der Waals surface area (Å²) in [7, 11) is 3.27. The third kappa shape index (κ3) is 8.72. The number of nitrogens with one attached hydrogen (secondary N) is 1. The second kappa shape index (κ2) is 13.9. The van der Waals surface area contributed by atoms with Gasteiger partial charge < -0.3 is 35.1 Å². The van der Waals surface area contributed by atoms with Gasteiger partial charge in [0.05, 0.1) is 33.4 Å². The van der Waals surface area contributed by atoms with E-state index >= 15 is 0 Å². The Kier molecular flexibility index (Phi) is 10.7. The van der Waals surface area contributed by atoms with Crippen LogP contribution in [0, 0.1) is 0 Å². The highest BCUT2D eigenvalue weighted by Crippen LogP contribution is 2.28. The van der Waals surface area contributed by atoms with Crippen molar-refractivity contribution in [3.8, 4) is 17.2 Å². The van der Waals surface area contributed by atoms with Crippen molar-refractivity contribution in [2.24, 2.45) is 5.73 Å². The van der Waals surface area contributed by atoms with Gasteiger partial charge in [0, 0.05) is 12.6 Å². The summed E-state index contributed by atoms with van der Waals surface area (Å²) < 4.78 is 22.6. The molecule has 1 unspecified atom stereocenters. The standard InChI is InChI=1S/C27H38N2O6/c1-32-25-12-9-20(15-26(25)33-2)13-14-34-24-6-4-3-5-23(24)29-17-21(30)18-35-22-10-7-19(8-11-22)16-27(28)31/h7-12,15,21,23-24,29-30H,3-6,13-14,16-18H2,1-2H3,(H2,28,31)/t21?,23-,24-/m0/s1. The quantitative estimate of drug-likeness (QED) is 0.376. The van der Waals surface area contributed by atoms with Crippen molar-refractivity contribution >= 4 is 5.91 Å². The molecule has 3 rings (SSSR count). The van der Waals surface area contributed by atoms with Gasteiger partial charge in [0.25, 0.3) is 0 Å². The van der Waals surface area contributed by atoms with Gasteiger partial charge >= 0.3 is 0 Å². The van der Waals surface area contributed by atoms with Gasteiger partial charge in [-0.1, -0.05) is 31.0 Å². The van der Waals surface area contributed by atoms with Crippen LogP contribution < -0.4 is 25.3 Å². The molecule has 1 aliphatic carbocycles. The van der Waals surface area contributed by atoms with Gasteiger partial charge in [-0.25, -0.2) is 0 Å². The van der Waals surface area contributed by atoms with E-state index in [1.807, 2.05) is 18.2 Å². The largest absolute Gasteiger partial charge is 0.493 e. The topological polar surface area (TPSA) is 112 Å². The normalized spacial score (nSPS) is 18.6. The molecular formula is C27H38N2O6. The first kappa shape index (κ1) is 26.8. The zero-order valence-corrected chi connectivity index (χ0v) is 20.7. The number of hydrogen-bond acceptors (Lipinski definition) is 7. The van der Waals surface area contributed by atoms with Crippen LogP contribution in [0.1, 0.15) is 36.8 Å². The third-order valence-corrected chi connectivity index (χ3v) is 6.23. The Bertz CT molecular complexity index is 920. The zero-order valence-electron chi connectivity index (χ0n) is 20.7. The monoisotopic (exact) mass is 486 g/mol. The Morgan fingerprint density at radius 1 is 1.06 bits per heavy atom. The summed E-state index contributed by atoms with van der Waals surface area (Å²) in [4.78, 5) is 11.0. The lowest BCUT2D eigenvalue weighted by Gasteiger charge is -2.33. The first-order valence-electron chi connectivity index (χ1n) is 12.2. The minimum Gasteiger partial charge on any atom is -0.493 e. The van der Waals surface area contributed by atoms with Crippen LogP contribution in [-0.4, -0.2) is 63.2 Å². The molecule has 3 atom stereocenters. The number of rotatable bonds is 14. The van der Waals surface area contributed by atoms with Crippen LogP contribution in [0.5, 0.6) is 17.2 Å². The van der Waals surface area contributed by atoms with Crippen LogP contribution in [0.2, 0.25) is 0 Å². The molecule has 0 heterocycles. The molecular weight excluding hydrogens is 448 g/mol. The van der Waals surface area contributed by atoms with Gasteiger partial charge in [-0.3, -0.25) is 4.79 Å². The van der Waals surface area contributed by atoms with Crippen molar-refractivity contribution in [1.82, 2.24) is 5.32 Å². The number of hydrogen-bond donors (Lipinski definition) is 3. The molecule has 1 fully saturated rings. The van der Waals surface area contributed by atoms with E-state index in [-0.39, 0.29) is 31.1 Å². The molecule has 2 aromatic carbocycles. The number of nitrogens with two attached hydrogens (primary N) is 1. The molecule has 0 saturated heterocycles. The molecule has 35 heavy (non-hydrogen) atoms. The summed E-state index contributed by atoms with van der Waals surface area (Å²) in [5.74, 6) is 1.72. The van der Waals surface area contributed by atoms with Crippen LogP contribution in [0.25, 0.3) is 0 Å². The lowest BCUT2D eigenvalue weighted by molar-refractivity contribution is -0.117. The Morgan fingerprint density at radius 3 is 2.49 bits per heavy atom. The first-order valence-corrected chi connectivity index (χ1v) is 12.2. The maximum absolute atomic E-state index is 11.0. The van der Waals surface area contributed by atoms with Crippen molar-refractivity contribution in [3.63, 3.8) is 0 Å². The van der Waals surface area contributed by atoms with Gasteiger partial charge in [0.2, 0.25) is 5.91 Å². The predicted octanol–water partition coefficient (Wildman–Crippen LogP) is 2.63. The molecule has 1 saturated carbocycles. The molecule has 0 bridgehead atoms. The lowest BCUT2D eigenvalue weighted by Crippen LogP contribution is -2.47. The number of aliphatic hydroxyl groups excluding tert-OH is 1. The summed E-state index contributed by atoms with van der Waals surface area (Å²) in [5, 5.41) is 13.9. The van der Waals surface area contributed by atoms with Gasteiger partial charge in [0.15, 0.2) is 11.5 Å². The fraction of sp³-hybridized carbons (Fsp3) is 0.519. The third-order valence-electron chi connectivity index (χ3n) is 6.23. The summed E-state index contributed by atoms with van der Waals surface area (Å²) >= 11 is 0. The molecule has 8 nitrogen and oxygen atoms in total. The summed E-state index contributed by atoms with van der Waals surface area (Å²) in [6, 6.07) is 13.3. The molecule has 8 heteroatoms. The SMILES string of the molecule is COc1ccc(CCO[C@H]2CCCC[C@@H]2NCC(O)COc2ccc(CC(N)=O)cc2)cc1OC. The highest BCUT2D eigenvalue weighted by atomic mass is 16.5. The van der Waals surface area contributed by atoms with Crippen LogP contribution >= 0.6 is 0 Å². The molecule has 4 N–H and O–H groups in total. The minimum atomic E-state index is -0.644. The average Bonchev–Trinajstić information content (AvgIpc) is 2.87. The number of carbonyl (C=O) groups is 1. The molecule has 0 aliphatic heterocycles. The van der Waals surface area contributed by atoms with E-state index in [1.165, 1.54) is 0 Å². The Morgan fingerprint density at radius 2 is 1.77 bits per heavy atom. The maximum atomic E-state index is 11.0. The first-order chi connectivity index (χ1) is 17.0. The number of primary amides is 1. The second-order valence-electron chi connectivity index (χ2n) is 8.90. The predicted molar refractivity (Wildman–Crippen MR) is 134 cm³/mol. The van der Waals surface area contributed by atoms with E-state index in [4.69, 9.17) is 24.7 Å². The van der Waals surface area contributed by atoms with E-state index in [0.29, 0.717) is 18.9 Å². The van der Waals surface area contributed by atoms with E-state index in [0.717, 1.165) is 54.7 Å². The second-order valence-corrected chi connectivity index (χ2v) is 8.90. The van der Waals surface area contributed by atoms with Gasteiger partial charge in [-0.2, -0.15) is 0 Å². The number of benzene rings is 2. The highest BCUT2D eigenvalue weighted by molar-refractivity contribution is 5.76. The molecule has 0 spiro atoms. The zero-order chi connectivity index (χ0) is 25.0. The van der Waals surface area contributed by atoms with Crippen LogP contribution in [0.4, 0.5) is 0 Å². The summed E-state index contributed by atoms with van der Waals surface area (Å²) in [6.07, 6.45) is 4.80. The number of methoxy groups -OCH3 is 2. The number of aliphatic hydroxyl groups is 1. The summed E-state index contributed by atoms with van der Waals surface area (Å²) in [5.41, 5.74) is 7.18. The molecule has 0 radical (unpaired) electrons. The smallest absolute Gasteiger partial charge is 0.221 e. The lowest BCUT2D eigenvalue weighted by atomic mass is 9.92. The van der Waals surface area contributed by atoms with Crippen molar-refractivity contribution in [1.29, 1.82) is 0 Å². The Labute approximate surface area is 207 Å². The molecule has 1 amide bonds. The summed E-state index contributed by atoms with van der Waals surface area (Å²) in [6.45, 7) is 1.23. The van der Waals surface area contributed by atoms with Crippen LogP contribution in [0.15, 0.2) is 42.5 Å². The number of amides is 1. The molecule has 0 aromatic heterocycles. The van der Waals surface area contributed by atoms with E-state index in [1.54, 1.807) is 38.5 Å². The molecule has 1 aliphatic rings. The van der Waals surface area contributed by atoms with Gasteiger partial charge in [-0.05, 0) is 54.7 Å². The Hall–Kier alpha value is -2.81. The molecule has 192 valence electrons. The number of carbonyl (C=O) groups excluding carboxylic acids is 1. The van der Waals surface area contributed by atoms with Crippen molar-refractivity contribution in [2.75, 3.05) is 34.0 Å². The van der Waals surface area contributed by atoms with E-state index in [9.17, 15) is 9.90 Å².